The molecule has 3 heterocycles. The quantitative estimate of drug-likeness (QED) is 0.854. The van der Waals surface area contributed by atoms with E-state index < -0.39 is 0 Å². The van der Waals surface area contributed by atoms with Crippen LogP contribution in [0.5, 0.6) is 0 Å². The number of ether oxygens (including phenoxy) is 1. The molecular weight excluding hydrogens is 306 g/mol. The highest BCUT2D eigenvalue weighted by atomic mass is 32.1. The molecule has 0 aliphatic carbocycles. The molecule has 7 nitrogen and oxygen atoms in total. The molecular formula is C14H17N3O4S. The number of rotatable bonds is 3. The molecule has 2 aromatic rings. The van der Waals surface area contributed by atoms with Gasteiger partial charge in [-0.2, -0.15) is 0 Å². The van der Waals surface area contributed by atoms with Crippen molar-refractivity contribution >= 4 is 27.5 Å². The minimum absolute atomic E-state index is 0.0214. The van der Waals surface area contributed by atoms with Gasteiger partial charge in [0.2, 0.25) is 5.91 Å². The molecule has 1 N–H and O–H groups in total. The average molecular weight is 323 g/mol. The fourth-order valence-electron chi connectivity index (χ4n) is 2.45. The first-order valence-electron chi connectivity index (χ1n) is 7.08. The summed E-state index contributed by atoms with van der Waals surface area (Å²) in [6.07, 6.45) is 1.41. The van der Waals surface area contributed by atoms with Gasteiger partial charge >= 0.3 is 0 Å². The zero-order valence-electron chi connectivity index (χ0n) is 12.0. The van der Waals surface area contributed by atoms with Gasteiger partial charge in [-0.25, -0.2) is 4.98 Å². The first-order valence-corrected chi connectivity index (χ1v) is 7.96. The Kier molecular flexibility index (Phi) is 4.51. The third-order valence-electron chi connectivity index (χ3n) is 3.69. The zero-order valence-corrected chi connectivity index (χ0v) is 12.8. The summed E-state index contributed by atoms with van der Waals surface area (Å²) in [6, 6.07) is 1.78. The second-order valence-electron chi connectivity index (χ2n) is 5.28. The van der Waals surface area contributed by atoms with Crippen molar-refractivity contribution in [1.29, 1.82) is 0 Å². The Morgan fingerprint density at radius 1 is 1.55 bits per heavy atom. The maximum absolute atomic E-state index is 12.4. The van der Waals surface area contributed by atoms with Crippen LogP contribution in [0, 0.1) is 5.92 Å². The lowest BCUT2D eigenvalue weighted by molar-refractivity contribution is -0.132. The van der Waals surface area contributed by atoms with Gasteiger partial charge in [0.05, 0.1) is 25.1 Å². The minimum Gasteiger partial charge on any atom is -0.396 e. The van der Waals surface area contributed by atoms with Crippen LogP contribution >= 0.6 is 11.3 Å². The van der Waals surface area contributed by atoms with Gasteiger partial charge in [0, 0.05) is 25.6 Å². The third kappa shape index (κ3) is 3.03. The Balaban J connectivity index is 1.77. The lowest BCUT2D eigenvalue weighted by Crippen LogP contribution is -2.40. The molecule has 0 bridgehead atoms. The van der Waals surface area contributed by atoms with E-state index in [0.717, 1.165) is 0 Å². The molecule has 8 heteroatoms. The average Bonchev–Trinajstić information content (AvgIpc) is 2.87. The minimum atomic E-state index is -0.196. The van der Waals surface area contributed by atoms with E-state index in [9.17, 15) is 14.7 Å². The van der Waals surface area contributed by atoms with Gasteiger partial charge < -0.3 is 14.7 Å². The van der Waals surface area contributed by atoms with E-state index in [-0.39, 0.29) is 30.5 Å². The van der Waals surface area contributed by atoms with Crippen LogP contribution in [0.3, 0.4) is 0 Å². The summed E-state index contributed by atoms with van der Waals surface area (Å²) < 4.78 is 7.26. The Morgan fingerprint density at radius 3 is 3.23 bits per heavy atom. The standard InChI is InChI=1S/C14H17N3O4S/c18-7-10-5-16(2-3-21-8-10)12(19)6-17-9-15-11-1-4-22-13(11)14(17)20/h1,4,9-10,18H,2-3,5-8H2/t10-/m0/s1. The number of hydrogen-bond acceptors (Lipinski definition) is 6. The number of aliphatic hydroxyl groups is 1. The predicted octanol–water partition coefficient (Wildman–Crippen LogP) is -0.0747. The van der Waals surface area contributed by atoms with E-state index >= 15 is 0 Å². The molecule has 1 aliphatic heterocycles. The Bertz CT molecular complexity index is 726. The number of carbonyl (C=O) groups excluding carboxylic acids is 1. The normalized spacial score (nSPS) is 19.3. The fraction of sp³-hybridized carbons (Fsp3) is 0.500. The number of hydrogen-bond donors (Lipinski definition) is 1. The number of carbonyl (C=O) groups is 1. The second kappa shape index (κ2) is 6.55. The van der Waals surface area contributed by atoms with Gasteiger partial charge in [-0.1, -0.05) is 0 Å². The summed E-state index contributed by atoms with van der Waals surface area (Å²) >= 11 is 1.32. The molecule has 3 rings (SSSR count). The van der Waals surface area contributed by atoms with Gasteiger partial charge in [-0.3, -0.25) is 14.2 Å². The molecule has 0 unspecified atom stereocenters. The summed E-state index contributed by atoms with van der Waals surface area (Å²) in [6.45, 7) is 1.74. The van der Waals surface area contributed by atoms with Crippen molar-refractivity contribution in [2.45, 2.75) is 6.54 Å². The van der Waals surface area contributed by atoms with E-state index in [1.165, 1.54) is 22.2 Å². The van der Waals surface area contributed by atoms with Crippen LogP contribution in [0.4, 0.5) is 0 Å². The van der Waals surface area contributed by atoms with E-state index in [4.69, 9.17) is 4.74 Å². The van der Waals surface area contributed by atoms with Gasteiger partial charge in [0.1, 0.15) is 11.2 Å². The first kappa shape index (κ1) is 15.1. The van der Waals surface area contributed by atoms with Gasteiger partial charge in [-0.05, 0) is 11.4 Å². The smallest absolute Gasteiger partial charge is 0.271 e. The molecule has 1 fully saturated rings. The third-order valence-corrected chi connectivity index (χ3v) is 4.58. The predicted molar refractivity (Wildman–Crippen MR) is 81.9 cm³/mol. The molecule has 118 valence electrons. The fourth-order valence-corrected chi connectivity index (χ4v) is 3.25. The van der Waals surface area contributed by atoms with Gasteiger partial charge in [-0.15, -0.1) is 11.3 Å². The highest BCUT2D eigenvalue weighted by Crippen LogP contribution is 2.13. The van der Waals surface area contributed by atoms with E-state index in [1.807, 2.05) is 5.38 Å². The van der Waals surface area contributed by atoms with E-state index in [0.29, 0.717) is 36.5 Å². The van der Waals surface area contributed by atoms with Crippen LogP contribution in [0.25, 0.3) is 10.2 Å². The number of aliphatic hydroxyl groups excluding tert-OH is 1. The SMILES string of the molecule is O=C(Cn1cnc2ccsc2c1=O)N1CCOC[C@H](CO)C1. The molecule has 1 aliphatic rings. The number of amides is 1. The van der Waals surface area contributed by atoms with Crippen LogP contribution in [0.1, 0.15) is 0 Å². The molecule has 22 heavy (non-hydrogen) atoms. The molecule has 1 atom stereocenters. The Labute approximate surface area is 130 Å². The Morgan fingerprint density at radius 2 is 2.41 bits per heavy atom. The number of aromatic nitrogens is 2. The first-order chi connectivity index (χ1) is 10.7. The van der Waals surface area contributed by atoms with Crippen LogP contribution in [0.15, 0.2) is 22.6 Å². The van der Waals surface area contributed by atoms with Crippen molar-refractivity contribution in [1.82, 2.24) is 14.5 Å². The highest BCUT2D eigenvalue weighted by Gasteiger charge is 2.22. The molecule has 2 aromatic heterocycles. The maximum Gasteiger partial charge on any atom is 0.271 e. The summed E-state index contributed by atoms with van der Waals surface area (Å²) in [5.74, 6) is -0.246. The van der Waals surface area contributed by atoms with Crippen LogP contribution in [0.2, 0.25) is 0 Å². The molecule has 0 saturated carbocycles. The van der Waals surface area contributed by atoms with Crippen molar-refractivity contribution in [3.63, 3.8) is 0 Å². The molecule has 1 amide bonds. The molecule has 0 aromatic carbocycles. The van der Waals surface area contributed by atoms with Crippen LogP contribution < -0.4 is 5.56 Å². The Hall–Kier alpha value is -1.77. The van der Waals surface area contributed by atoms with E-state index in [2.05, 4.69) is 4.98 Å². The summed E-state index contributed by atoms with van der Waals surface area (Å²) in [5, 5.41) is 11.1. The highest BCUT2D eigenvalue weighted by molar-refractivity contribution is 7.17. The number of nitrogens with zero attached hydrogens (tertiary/aromatic N) is 3. The van der Waals surface area contributed by atoms with Crippen molar-refractivity contribution in [2.24, 2.45) is 5.92 Å². The van der Waals surface area contributed by atoms with Crippen LogP contribution in [-0.4, -0.2) is 58.4 Å². The molecule has 1 saturated heterocycles. The van der Waals surface area contributed by atoms with Crippen molar-refractivity contribution in [3.05, 3.63) is 28.1 Å². The number of thiophene rings is 1. The number of fused-ring (bicyclic) bond motifs is 1. The second-order valence-corrected chi connectivity index (χ2v) is 6.19. The maximum atomic E-state index is 12.4. The lowest BCUT2D eigenvalue weighted by atomic mass is 10.1. The summed E-state index contributed by atoms with van der Waals surface area (Å²) in [5.41, 5.74) is 0.459. The lowest BCUT2D eigenvalue weighted by Gasteiger charge is -2.22. The summed E-state index contributed by atoms with van der Waals surface area (Å²) in [4.78, 5) is 30.5. The van der Waals surface area contributed by atoms with E-state index in [1.54, 1.807) is 11.0 Å². The molecule has 0 spiro atoms. The van der Waals surface area contributed by atoms with Crippen molar-refractivity contribution in [3.8, 4) is 0 Å². The largest absolute Gasteiger partial charge is 0.396 e. The van der Waals surface area contributed by atoms with Gasteiger partial charge in [0.15, 0.2) is 0 Å². The van der Waals surface area contributed by atoms with Crippen molar-refractivity contribution in [2.75, 3.05) is 32.9 Å². The monoisotopic (exact) mass is 323 g/mol. The van der Waals surface area contributed by atoms with Crippen LogP contribution in [-0.2, 0) is 16.1 Å². The van der Waals surface area contributed by atoms with Gasteiger partial charge in [0.25, 0.3) is 5.56 Å². The zero-order chi connectivity index (χ0) is 15.5. The summed E-state index contributed by atoms with van der Waals surface area (Å²) in [7, 11) is 0. The topological polar surface area (TPSA) is 84.7 Å². The van der Waals surface area contributed by atoms with Crippen molar-refractivity contribution < 1.29 is 14.6 Å². The molecule has 0 radical (unpaired) electrons.